The molecule has 0 aromatic carbocycles. The molecule has 15 heavy (non-hydrogen) atoms. The molecular formula is C7H5F5N2O. The number of nitrogens with zero attached hydrogens (tertiary/aromatic N) is 1. The minimum atomic E-state index is -5.08. The van der Waals surface area contributed by atoms with Gasteiger partial charge >= 0.3 is 6.36 Å². The third-order valence-corrected chi connectivity index (χ3v) is 1.42. The standard InChI is InChI=1S/C7H5F5N2O/c8-5(9)3-1-2-14-6(13)4(3)15-7(10,11)12/h1-2,5H,(H2,13,14). The highest BCUT2D eigenvalue weighted by atomic mass is 19.4. The number of nitrogen functional groups attached to an aromatic ring is 1. The summed E-state index contributed by atoms with van der Waals surface area (Å²) in [6.07, 6.45) is -7.33. The number of halogens is 5. The van der Waals surface area contributed by atoms with Crippen molar-refractivity contribution in [3.8, 4) is 5.75 Å². The molecule has 0 atom stereocenters. The third kappa shape index (κ3) is 2.93. The van der Waals surface area contributed by atoms with E-state index in [1.165, 1.54) is 0 Å². The highest BCUT2D eigenvalue weighted by Gasteiger charge is 2.34. The number of ether oxygens (including phenoxy) is 1. The Morgan fingerprint density at radius 3 is 2.40 bits per heavy atom. The first kappa shape index (κ1) is 11.5. The molecule has 84 valence electrons. The number of hydrogen-bond donors (Lipinski definition) is 1. The predicted octanol–water partition coefficient (Wildman–Crippen LogP) is 2.50. The van der Waals surface area contributed by atoms with Crippen molar-refractivity contribution in [1.82, 2.24) is 4.98 Å². The van der Waals surface area contributed by atoms with Gasteiger partial charge in [0.2, 0.25) is 0 Å². The van der Waals surface area contributed by atoms with Crippen LogP contribution in [0.25, 0.3) is 0 Å². The molecule has 0 unspecified atom stereocenters. The molecule has 1 aromatic rings. The van der Waals surface area contributed by atoms with Crippen LogP contribution in [0.15, 0.2) is 12.3 Å². The maximum atomic E-state index is 12.3. The molecule has 3 nitrogen and oxygen atoms in total. The lowest BCUT2D eigenvalue weighted by molar-refractivity contribution is -0.275. The molecule has 1 aromatic heterocycles. The highest BCUT2D eigenvalue weighted by Crippen LogP contribution is 2.35. The van der Waals surface area contributed by atoms with Crippen molar-refractivity contribution in [3.63, 3.8) is 0 Å². The largest absolute Gasteiger partial charge is 0.573 e. The monoisotopic (exact) mass is 228 g/mol. The van der Waals surface area contributed by atoms with Crippen LogP contribution in [-0.2, 0) is 0 Å². The van der Waals surface area contributed by atoms with Gasteiger partial charge in [-0.3, -0.25) is 0 Å². The van der Waals surface area contributed by atoms with E-state index in [2.05, 4.69) is 9.72 Å². The SMILES string of the molecule is Nc1nccc(C(F)F)c1OC(F)(F)F. The van der Waals surface area contributed by atoms with Crippen LogP contribution in [0.4, 0.5) is 27.8 Å². The van der Waals surface area contributed by atoms with Crippen LogP contribution in [0, 0.1) is 0 Å². The van der Waals surface area contributed by atoms with E-state index in [1.54, 1.807) is 0 Å². The van der Waals surface area contributed by atoms with Gasteiger partial charge in [0.15, 0.2) is 11.6 Å². The van der Waals surface area contributed by atoms with E-state index in [0.717, 1.165) is 6.20 Å². The zero-order valence-electron chi connectivity index (χ0n) is 7.05. The van der Waals surface area contributed by atoms with Crippen molar-refractivity contribution in [2.75, 3.05) is 5.73 Å². The number of alkyl halides is 5. The van der Waals surface area contributed by atoms with Crippen molar-refractivity contribution < 1.29 is 26.7 Å². The van der Waals surface area contributed by atoms with Crippen LogP contribution in [-0.4, -0.2) is 11.3 Å². The molecule has 0 saturated carbocycles. The number of anilines is 1. The van der Waals surface area contributed by atoms with Crippen LogP contribution in [0.1, 0.15) is 12.0 Å². The molecule has 2 N–H and O–H groups in total. The average Bonchev–Trinajstić information content (AvgIpc) is 2.05. The molecule has 1 heterocycles. The summed E-state index contributed by atoms with van der Waals surface area (Å²) in [5.41, 5.74) is 4.05. The second kappa shape index (κ2) is 3.87. The van der Waals surface area contributed by atoms with Gasteiger partial charge in [-0.05, 0) is 6.07 Å². The zero-order chi connectivity index (χ0) is 11.6. The van der Waals surface area contributed by atoms with Gasteiger partial charge in [0.25, 0.3) is 6.43 Å². The molecule has 0 spiro atoms. The van der Waals surface area contributed by atoms with Crippen LogP contribution >= 0.6 is 0 Å². The normalized spacial score (nSPS) is 11.9. The molecule has 0 radical (unpaired) electrons. The molecule has 1 rings (SSSR count). The van der Waals surface area contributed by atoms with Crippen molar-refractivity contribution in [3.05, 3.63) is 17.8 Å². The summed E-state index contributed by atoms with van der Waals surface area (Å²) in [5.74, 6) is -1.88. The van der Waals surface area contributed by atoms with Gasteiger partial charge in [0.05, 0.1) is 5.56 Å². The molecule has 0 bridgehead atoms. The first-order valence-corrected chi connectivity index (χ1v) is 3.59. The van der Waals surface area contributed by atoms with E-state index in [-0.39, 0.29) is 0 Å². The maximum absolute atomic E-state index is 12.3. The number of rotatable bonds is 2. The van der Waals surface area contributed by atoms with E-state index in [0.29, 0.717) is 6.07 Å². The smallest absolute Gasteiger partial charge is 0.401 e. The van der Waals surface area contributed by atoms with Gasteiger partial charge in [-0.15, -0.1) is 13.2 Å². The molecule has 0 aliphatic heterocycles. The van der Waals surface area contributed by atoms with Gasteiger partial charge in [0, 0.05) is 6.20 Å². The fraction of sp³-hybridized carbons (Fsp3) is 0.286. The summed E-state index contributed by atoms with van der Waals surface area (Å²) in [5, 5.41) is 0. The molecule has 0 fully saturated rings. The Morgan fingerprint density at radius 1 is 1.33 bits per heavy atom. The summed E-state index contributed by atoms with van der Waals surface area (Å²) in [7, 11) is 0. The third-order valence-electron chi connectivity index (χ3n) is 1.42. The van der Waals surface area contributed by atoms with Gasteiger partial charge in [0.1, 0.15) is 0 Å². The van der Waals surface area contributed by atoms with Crippen molar-refractivity contribution in [2.24, 2.45) is 0 Å². The van der Waals surface area contributed by atoms with Gasteiger partial charge < -0.3 is 10.5 Å². The minimum absolute atomic E-state index is 0.710. The van der Waals surface area contributed by atoms with Gasteiger partial charge in [-0.1, -0.05) is 0 Å². The Morgan fingerprint density at radius 2 is 1.93 bits per heavy atom. The number of nitrogens with two attached hydrogens (primary N) is 1. The maximum Gasteiger partial charge on any atom is 0.573 e. The van der Waals surface area contributed by atoms with Gasteiger partial charge in [-0.25, -0.2) is 13.8 Å². The fourth-order valence-corrected chi connectivity index (χ4v) is 0.879. The van der Waals surface area contributed by atoms with Crippen molar-refractivity contribution >= 4 is 5.82 Å². The van der Waals surface area contributed by atoms with E-state index in [4.69, 9.17) is 5.73 Å². The van der Waals surface area contributed by atoms with Crippen LogP contribution in [0.5, 0.6) is 5.75 Å². The first-order chi connectivity index (χ1) is 6.81. The lowest BCUT2D eigenvalue weighted by Gasteiger charge is -2.13. The summed E-state index contributed by atoms with van der Waals surface area (Å²) in [4.78, 5) is 3.23. The molecular weight excluding hydrogens is 223 g/mol. The Balaban J connectivity index is 3.14. The van der Waals surface area contributed by atoms with E-state index < -0.39 is 29.9 Å². The Bertz CT molecular complexity index is 352. The van der Waals surface area contributed by atoms with Crippen molar-refractivity contribution in [1.29, 1.82) is 0 Å². The average molecular weight is 228 g/mol. The topological polar surface area (TPSA) is 48.1 Å². The molecule has 8 heteroatoms. The number of hydrogen-bond acceptors (Lipinski definition) is 3. The van der Waals surface area contributed by atoms with Crippen LogP contribution in [0.3, 0.4) is 0 Å². The second-order valence-electron chi connectivity index (χ2n) is 2.46. The molecule has 0 aliphatic carbocycles. The summed E-state index contributed by atoms with van der Waals surface area (Å²) in [6.45, 7) is 0. The minimum Gasteiger partial charge on any atom is -0.401 e. The lowest BCUT2D eigenvalue weighted by Crippen LogP contribution is -2.19. The Kier molecular flexibility index (Phi) is 2.96. The first-order valence-electron chi connectivity index (χ1n) is 3.59. The summed E-state index contributed by atoms with van der Waals surface area (Å²) >= 11 is 0. The summed E-state index contributed by atoms with van der Waals surface area (Å²) < 4.78 is 63.3. The van der Waals surface area contributed by atoms with E-state index in [9.17, 15) is 22.0 Å². The molecule has 0 amide bonds. The predicted molar refractivity (Wildman–Crippen MR) is 40.3 cm³/mol. The quantitative estimate of drug-likeness (QED) is 0.791. The molecule has 0 aliphatic rings. The fourth-order valence-electron chi connectivity index (χ4n) is 0.879. The van der Waals surface area contributed by atoms with Crippen molar-refractivity contribution in [2.45, 2.75) is 12.8 Å². The highest BCUT2D eigenvalue weighted by molar-refractivity contribution is 5.51. The van der Waals surface area contributed by atoms with E-state index in [1.807, 2.05) is 0 Å². The second-order valence-corrected chi connectivity index (χ2v) is 2.46. The Labute approximate surface area is 80.7 Å². The number of aromatic nitrogens is 1. The number of pyridine rings is 1. The van der Waals surface area contributed by atoms with Crippen LogP contribution < -0.4 is 10.5 Å². The zero-order valence-corrected chi connectivity index (χ0v) is 7.05. The molecule has 0 saturated heterocycles. The van der Waals surface area contributed by atoms with Crippen LogP contribution in [0.2, 0.25) is 0 Å². The summed E-state index contributed by atoms with van der Waals surface area (Å²) in [6, 6.07) is 0.710. The Hall–Kier alpha value is -1.60. The van der Waals surface area contributed by atoms with E-state index >= 15 is 0 Å². The van der Waals surface area contributed by atoms with Gasteiger partial charge in [-0.2, -0.15) is 0 Å². The lowest BCUT2D eigenvalue weighted by atomic mass is 10.2.